The van der Waals surface area contributed by atoms with E-state index in [4.69, 9.17) is 0 Å². The Morgan fingerprint density at radius 1 is 1.05 bits per heavy atom. The van der Waals surface area contributed by atoms with Crippen LogP contribution in [0.25, 0.3) is 0 Å². The first-order chi connectivity index (χ1) is 9.38. The van der Waals surface area contributed by atoms with Gasteiger partial charge in [0.2, 0.25) is 0 Å². The predicted molar refractivity (Wildman–Crippen MR) is 84.8 cm³/mol. The van der Waals surface area contributed by atoms with Gasteiger partial charge in [-0.15, -0.1) is 11.3 Å². The zero-order valence-corrected chi connectivity index (χ0v) is 12.5. The molecule has 1 atom stereocenters. The average Bonchev–Trinajstić information content (AvgIpc) is 2.93. The van der Waals surface area contributed by atoms with Crippen molar-refractivity contribution in [2.45, 2.75) is 26.2 Å². The summed E-state index contributed by atoms with van der Waals surface area (Å²) in [5.41, 5.74) is 1.45. The molecule has 0 aliphatic heterocycles. The van der Waals surface area contributed by atoms with Crippen LogP contribution in [0.15, 0.2) is 47.8 Å². The Labute approximate surface area is 120 Å². The zero-order chi connectivity index (χ0) is 13.3. The molecule has 0 spiro atoms. The highest BCUT2D eigenvalue weighted by Crippen LogP contribution is 2.18. The maximum atomic E-state index is 3.57. The van der Waals surface area contributed by atoms with Crippen molar-refractivity contribution in [1.82, 2.24) is 5.32 Å². The van der Waals surface area contributed by atoms with Crippen LogP contribution in [0.4, 0.5) is 0 Å². The molecule has 1 aromatic heterocycles. The van der Waals surface area contributed by atoms with Crippen LogP contribution in [0.3, 0.4) is 0 Å². The molecule has 1 aromatic carbocycles. The molecule has 2 rings (SSSR count). The van der Waals surface area contributed by atoms with E-state index in [9.17, 15) is 0 Å². The monoisotopic (exact) mass is 273 g/mol. The van der Waals surface area contributed by atoms with E-state index in [2.05, 4.69) is 60.1 Å². The lowest BCUT2D eigenvalue weighted by atomic mass is 9.95. The molecule has 1 heterocycles. The summed E-state index contributed by atoms with van der Waals surface area (Å²) < 4.78 is 0. The summed E-state index contributed by atoms with van der Waals surface area (Å²) in [5.74, 6) is 0.688. The number of nitrogens with one attached hydrogen (secondary N) is 1. The van der Waals surface area contributed by atoms with Gasteiger partial charge in [0.1, 0.15) is 0 Å². The summed E-state index contributed by atoms with van der Waals surface area (Å²) in [6, 6.07) is 15.2. The van der Waals surface area contributed by atoms with E-state index in [0.717, 1.165) is 19.5 Å². The average molecular weight is 273 g/mol. The Morgan fingerprint density at radius 3 is 2.58 bits per heavy atom. The fourth-order valence-electron chi connectivity index (χ4n) is 2.36. The van der Waals surface area contributed by atoms with Crippen molar-refractivity contribution >= 4 is 11.3 Å². The van der Waals surface area contributed by atoms with Crippen molar-refractivity contribution < 1.29 is 0 Å². The van der Waals surface area contributed by atoms with Gasteiger partial charge in [-0.1, -0.05) is 43.3 Å². The highest BCUT2D eigenvalue weighted by atomic mass is 32.1. The summed E-state index contributed by atoms with van der Waals surface area (Å²) in [4.78, 5) is 1.50. The van der Waals surface area contributed by atoms with Crippen molar-refractivity contribution in [3.05, 3.63) is 58.3 Å². The molecule has 0 amide bonds. The zero-order valence-electron chi connectivity index (χ0n) is 11.6. The third-order valence-corrected chi connectivity index (χ3v) is 4.20. The summed E-state index contributed by atoms with van der Waals surface area (Å²) in [6.07, 6.45) is 3.55. The van der Waals surface area contributed by atoms with Crippen LogP contribution in [-0.2, 0) is 12.8 Å². The molecule has 19 heavy (non-hydrogen) atoms. The van der Waals surface area contributed by atoms with Gasteiger partial charge in [0.25, 0.3) is 0 Å². The minimum atomic E-state index is 0.688. The Kier molecular flexibility index (Phi) is 6.12. The van der Waals surface area contributed by atoms with Crippen molar-refractivity contribution in [3.63, 3.8) is 0 Å². The number of thiophene rings is 1. The van der Waals surface area contributed by atoms with E-state index in [1.807, 2.05) is 11.3 Å². The van der Waals surface area contributed by atoms with E-state index in [-0.39, 0.29) is 0 Å². The fraction of sp³-hybridized carbons (Fsp3) is 0.412. The quantitative estimate of drug-likeness (QED) is 0.713. The Bertz CT molecular complexity index is 436. The minimum absolute atomic E-state index is 0.688. The minimum Gasteiger partial charge on any atom is -0.316 e. The number of hydrogen-bond acceptors (Lipinski definition) is 2. The van der Waals surface area contributed by atoms with Crippen LogP contribution in [0.2, 0.25) is 0 Å². The van der Waals surface area contributed by atoms with Crippen molar-refractivity contribution in [2.75, 3.05) is 13.1 Å². The normalized spacial score (nSPS) is 12.5. The predicted octanol–water partition coefficient (Wildman–Crippen LogP) is 4.15. The first kappa shape index (κ1) is 14.3. The van der Waals surface area contributed by atoms with Gasteiger partial charge in [-0.05, 0) is 55.3 Å². The number of benzene rings is 1. The van der Waals surface area contributed by atoms with Gasteiger partial charge in [0.05, 0.1) is 0 Å². The lowest BCUT2D eigenvalue weighted by molar-refractivity contribution is 0.473. The molecular weight excluding hydrogens is 250 g/mol. The molecule has 2 aromatic rings. The number of hydrogen-bond donors (Lipinski definition) is 1. The molecule has 102 valence electrons. The fourth-order valence-corrected chi connectivity index (χ4v) is 3.18. The molecule has 1 nitrogen and oxygen atoms in total. The molecule has 0 bridgehead atoms. The standard InChI is InChI=1S/C17H23NS/c1-2-10-18-14-16(13-17-9-6-11-19-17)12-15-7-4-3-5-8-15/h3-9,11,16,18H,2,10,12-14H2,1H3. The molecular formula is C17H23NS. The third kappa shape index (κ3) is 5.17. The van der Waals surface area contributed by atoms with Crippen molar-refractivity contribution in [2.24, 2.45) is 5.92 Å². The van der Waals surface area contributed by atoms with E-state index in [1.54, 1.807) is 0 Å². The Balaban J connectivity index is 1.93. The lowest BCUT2D eigenvalue weighted by Crippen LogP contribution is -2.26. The van der Waals surface area contributed by atoms with Crippen LogP contribution in [0, 0.1) is 5.92 Å². The van der Waals surface area contributed by atoms with E-state index < -0.39 is 0 Å². The SMILES string of the molecule is CCCNCC(Cc1ccccc1)Cc1cccs1. The molecule has 0 saturated heterocycles. The summed E-state index contributed by atoms with van der Waals surface area (Å²) in [5, 5.41) is 5.75. The van der Waals surface area contributed by atoms with Gasteiger partial charge in [-0.25, -0.2) is 0 Å². The van der Waals surface area contributed by atoms with E-state index in [1.165, 1.54) is 23.3 Å². The van der Waals surface area contributed by atoms with Gasteiger partial charge >= 0.3 is 0 Å². The van der Waals surface area contributed by atoms with E-state index in [0.29, 0.717) is 5.92 Å². The molecule has 1 unspecified atom stereocenters. The lowest BCUT2D eigenvalue weighted by Gasteiger charge is -2.17. The van der Waals surface area contributed by atoms with Crippen molar-refractivity contribution in [3.8, 4) is 0 Å². The molecule has 0 saturated carbocycles. The first-order valence-corrected chi connectivity index (χ1v) is 8.03. The topological polar surface area (TPSA) is 12.0 Å². The van der Waals surface area contributed by atoms with Crippen LogP contribution < -0.4 is 5.32 Å². The first-order valence-electron chi connectivity index (χ1n) is 7.15. The molecule has 1 N–H and O–H groups in total. The Hall–Kier alpha value is -1.12. The summed E-state index contributed by atoms with van der Waals surface area (Å²) in [7, 11) is 0. The molecule has 0 aliphatic rings. The summed E-state index contributed by atoms with van der Waals surface area (Å²) >= 11 is 1.87. The highest BCUT2D eigenvalue weighted by Gasteiger charge is 2.11. The molecule has 0 aliphatic carbocycles. The third-order valence-electron chi connectivity index (χ3n) is 3.30. The molecule has 0 fully saturated rings. The van der Waals surface area contributed by atoms with Gasteiger partial charge in [0, 0.05) is 4.88 Å². The summed E-state index contributed by atoms with van der Waals surface area (Å²) in [6.45, 7) is 4.45. The number of rotatable bonds is 8. The van der Waals surface area contributed by atoms with Gasteiger partial charge in [-0.2, -0.15) is 0 Å². The second-order valence-corrected chi connectivity index (χ2v) is 6.08. The largest absolute Gasteiger partial charge is 0.316 e. The van der Waals surface area contributed by atoms with Crippen LogP contribution >= 0.6 is 11.3 Å². The molecule has 2 heteroatoms. The second kappa shape index (κ2) is 8.13. The second-order valence-electron chi connectivity index (χ2n) is 5.04. The van der Waals surface area contributed by atoms with Gasteiger partial charge in [0.15, 0.2) is 0 Å². The van der Waals surface area contributed by atoms with Crippen molar-refractivity contribution in [1.29, 1.82) is 0 Å². The maximum Gasteiger partial charge on any atom is 0.00485 e. The smallest absolute Gasteiger partial charge is 0.00485 e. The van der Waals surface area contributed by atoms with Crippen LogP contribution in [-0.4, -0.2) is 13.1 Å². The molecule has 0 radical (unpaired) electrons. The van der Waals surface area contributed by atoms with E-state index >= 15 is 0 Å². The Morgan fingerprint density at radius 2 is 1.89 bits per heavy atom. The highest BCUT2D eigenvalue weighted by molar-refractivity contribution is 7.09. The maximum absolute atomic E-state index is 3.57. The van der Waals surface area contributed by atoms with Gasteiger partial charge in [-0.3, -0.25) is 0 Å². The van der Waals surface area contributed by atoms with Gasteiger partial charge < -0.3 is 5.32 Å². The van der Waals surface area contributed by atoms with Crippen LogP contribution in [0.5, 0.6) is 0 Å². The van der Waals surface area contributed by atoms with Crippen LogP contribution in [0.1, 0.15) is 23.8 Å².